The second-order valence-corrected chi connectivity index (χ2v) is 4.26. The Kier molecular flexibility index (Phi) is 5.51. The molecular weight excluding hydrogens is 282 g/mol. The van der Waals surface area contributed by atoms with Crippen LogP contribution in [0.3, 0.4) is 0 Å². The summed E-state index contributed by atoms with van der Waals surface area (Å²) in [6, 6.07) is 7.70. The molecule has 3 aromatic heterocycles. The lowest BCUT2D eigenvalue weighted by molar-refractivity contribution is 0.959. The molecule has 0 fully saturated rings. The average Bonchev–Trinajstić information content (AvgIpc) is 3.22. The van der Waals surface area contributed by atoms with Crippen LogP contribution >= 0.6 is 23.1 Å². The molecule has 9 heteroatoms. The molecule has 0 amide bonds. The number of nitrogens with zero attached hydrogens (tertiary/aromatic N) is 6. The van der Waals surface area contributed by atoms with E-state index < -0.39 is 0 Å². The third-order valence-corrected chi connectivity index (χ3v) is 2.65. The van der Waals surface area contributed by atoms with Gasteiger partial charge in [-0.25, -0.2) is 4.98 Å². The van der Waals surface area contributed by atoms with Crippen molar-refractivity contribution in [2.75, 3.05) is 0 Å². The summed E-state index contributed by atoms with van der Waals surface area (Å²) in [4.78, 5) is 3.63. The van der Waals surface area contributed by atoms with Gasteiger partial charge in [-0.15, -0.1) is 5.10 Å². The Bertz CT molecular complexity index is 557. The van der Waals surface area contributed by atoms with Gasteiger partial charge in [0.1, 0.15) is 22.9 Å². The van der Waals surface area contributed by atoms with Crippen molar-refractivity contribution in [2.24, 2.45) is 0 Å². The number of H-pyrrole nitrogens is 1. The molecule has 0 bridgehead atoms. The van der Waals surface area contributed by atoms with Crippen LogP contribution in [0.4, 0.5) is 0 Å². The number of aromatic nitrogens is 7. The van der Waals surface area contributed by atoms with Gasteiger partial charge in [0, 0.05) is 5.38 Å². The van der Waals surface area contributed by atoms with Gasteiger partial charge < -0.3 is 0 Å². The number of hydrogen-bond acceptors (Lipinski definition) is 8. The van der Waals surface area contributed by atoms with Crippen molar-refractivity contribution in [3.8, 4) is 0 Å². The number of fused-ring (bicyclic) bond motifs is 1. The maximum atomic E-state index is 3.88. The van der Waals surface area contributed by atoms with E-state index in [1.807, 2.05) is 29.6 Å². The van der Waals surface area contributed by atoms with Crippen LogP contribution in [0, 0.1) is 0 Å². The highest BCUT2D eigenvalue weighted by molar-refractivity contribution is 7.03. The Balaban J connectivity index is 0.000000114. The Labute approximate surface area is 116 Å². The van der Waals surface area contributed by atoms with E-state index in [1.165, 1.54) is 29.4 Å². The molecule has 7 nitrogen and oxygen atoms in total. The molecule has 0 atom stereocenters. The van der Waals surface area contributed by atoms with Gasteiger partial charge in [0.15, 0.2) is 0 Å². The number of benzene rings is 1. The van der Waals surface area contributed by atoms with Crippen molar-refractivity contribution in [1.29, 1.82) is 0 Å². The summed E-state index contributed by atoms with van der Waals surface area (Å²) in [5.41, 5.74) is 3.51. The first kappa shape index (κ1) is 13.2. The van der Waals surface area contributed by atoms with E-state index >= 15 is 0 Å². The Morgan fingerprint density at radius 3 is 2.16 bits per heavy atom. The summed E-state index contributed by atoms with van der Waals surface area (Å²) in [6.45, 7) is 0. The number of aromatic amines is 1. The lowest BCUT2D eigenvalue weighted by Crippen LogP contribution is -1.63. The normalized spacial score (nSPS) is 9.05. The predicted molar refractivity (Wildman–Crippen MR) is 73.7 cm³/mol. The van der Waals surface area contributed by atoms with Crippen LogP contribution in [0.5, 0.6) is 0 Å². The molecule has 4 aromatic rings. The van der Waals surface area contributed by atoms with Gasteiger partial charge in [-0.2, -0.15) is 19.8 Å². The number of hydrogen-bond donors (Lipinski definition) is 1. The molecule has 0 aliphatic rings. The van der Waals surface area contributed by atoms with Crippen LogP contribution in [-0.4, -0.2) is 34.4 Å². The molecular formula is C10H9N7S2. The molecule has 3 heterocycles. The predicted octanol–water partition coefficient (Wildman–Crippen LogP) is 2.03. The highest BCUT2D eigenvalue weighted by Gasteiger charge is 1.90. The van der Waals surface area contributed by atoms with E-state index in [1.54, 1.807) is 11.7 Å². The minimum Gasteiger partial charge on any atom is -0.231 e. The van der Waals surface area contributed by atoms with Gasteiger partial charge in [-0.05, 0) is 35.2 Å². The molecule has 4 rings (SSSR count). The second-order valence-electron chi connectivity index (χ2n) is 2.98. The molecule has 0 spiro atoms. The van der Waals surface area contributed by atoms with Crippen molar-refractivity contribution in [2.45, 2.75) is 0 Å². The van der Waals surface area contributed by atoms with Crippen LogP contribution in [0.1, 0.15) is 0 Å². The van der Waals surface area contributed by atoms with Gasteiger partial charge in [0.05, 0.1) is 6.20 Å². The number of nitrogens with one attached hydrogen (secondary N) is 1. The average molecular weight is 291 g/mol. The summed E-state index contributed by atoms with van der Waals surface area (Å²) in [5, 5.41) is 15.6. The fourth-order valence-corrected chi connectivity index (χ4v) is 1.60. The smallest absolute Gasteiger partial charge is 0.129 e. The molecule has 0 aliphatic heterocycles. The topological polar surface area (TPSA) is 93.1 Å². The first-order valence-electron chi connectivity index (χ1n) is 5.12. The summed E-state index contributed by atoms with van der Waals surface area (Å²) in [6.07, 6.45) is 3.18. The Morgan fingerprint density at radius 2 is 1.79 bits per heavy atom. The minimum absolute atomic E-state index is 0.914. The largest absolute Gasteiger partial charge is 0.231 e. The van der Waals surface area contributed by atoms with Gasteiger partial charge >= 0.3 is 0 Å². The summed E-state index contributed by atoms with van der Waals surface area (Å²) >= 11 is 2.70. The molecule has 0 unspecified atom stereocenters. The van der Waals surface area contributed by atoms with E-state index in [2.05, 4.69) is 34.4 Å². The quantitative estimate of drug-likeness (QED) is 0.533. The van der Waals surface area contributed by atoms with Crippen molar-refractivity contribution in [3.63, 3.8) is 0 Å². The molecule has 0 saturated heterocycles. The maximum absolute atomic E-state index is 3.88. The first-order valence-corrected chi connectivity index (χ1v) is 6.80. The highest BCUT2D eigenvalue weighted by Crippen LogP contribution is 2.03. The van der Waals surface area contributed by atoms with Crippen molar-refractivity contribution in [1.82, 2.24) is 34.4 Å². The highest BCUT2D eigenvalue weighted by atomic mass is 32.1. The van der Waals surface area contributed by atoms with E-state index in [-0.39, 0.29) is 0 Å². The van der Waals surface area contributed by atoms with Crippen LogP contribution in [0.25, 0.3) is 11.0 Å². The Hall–Kier alpha value is -2.26. The molecule has 19 heavy (non-hydrogen) atoms. The van der Waals surface area contributed by atoms with E-state index in [0.29, 0.717) is 0 Å². The van der Waals surface area contributed by atoms with Crippen LogP contribution in [-0.2, 0) is 0 Å². The fourth-order valence-electron chi connectivity index (χ4n) is 1.06. The van der Waals surface area contributed by atoms with Gasteiger partial charge in [-0.3, -0.25) is 0 Å². The zero-order valence-corrected chi connectivity index (χ0v) is 11.3. The number of para-hydroxylation sites is 2. The Morgan fingerprint density at radius 1 is 1.00 bits per heavy atom. The molecule has 0 radical (unpaired) electrons. The summed E-state index contributed by atoms with van der Waals surface area (Å²) in [7, 11) is 0. The SMILES string of the molecule is c1ccc2n[nH]nc2c1.c1csnn1.c1ncsn1. The fraction of sp³-hybridized carbons (Fsp3) is 0. The van der Waals surface area contributed by atoms with Crippen molar-refractivity contribution in [3.05, 3.63) is 47.7 Å². The third kappa shape index (κ3) is 4.85. The first-order chi connectivity index (χ1) is 9.47. The van der Waals surface area contributed by atoms with Gasteiger partial charge in [0.25, 0.3) is 0 Å². The monoisotopic (exact) mass is 291 g/mol. The summed E-state index contributed by atoms with van der Waals surface area (Å²) in [5.74, 6) is 0. The van der Waals surface area contributed by atoms with Gasteiger partial charge in [-0.1, -0.05) is 16.6 Å². The zero-order valence-electron chi connectivity index (χ0n) is 9.62. The number of rotatable bonds is 0. The van der Waals surface area contributed by atoms with Crippen LogP contribution in [0.2, 0.25) is 0 Å². The molecule has 0 saturated carbocycles. The van der Waals surface area contributed by atoms with Gasteiger partial charge in [0.2, 0.25) is 0 Å². The zero-order chi connectivity index (χ0) is 13.2. The lowest BCUT2D eigenvalue weighted by atomic mass is 10.3. The van der Waals surface area contributed by atoms with Crippen molar-refractivity contribution < 1.29 is 0 Å². The van der Waals surface area contributed by atoms with Crippen LogP contribution in [0.15, 0.2) is 47.7 Å². The van der Waals surface area contributed by atoms with E-state index in [4.69, 9.17) is 0 Å². The second kappa shape index (κ2) is 7.95. The van der Waals surface area contributed by atoms with E-state index in [9.17, 15) is 0 Å². The summed E-state index contributed by atoms with van der Waals surface area (Å²) < 4.78 is 7.17. The molecule has 0 aliphatic carbocycles. The molecule has 1 N–H and O–H groups in total. The van der Waals surface area contributed by atoms with Crippen LogP contribution < -0.4 is 0 Å². The third-order valence-electron chi connectivity index (χ3n) is 1.79. The minimum atomic E-state index is 0.914. The molecule has 96 valence electrons. The van der Waals surface area contributed by atoms with E-state index in [0.717, 1.165) is 11.0 Å². The molecule has 1 aromatic carbocycles. The standard InChI is InChI=1S/C6H5N3.2C2H2N2S/c1-2-4-6-5(3-1)7-9-8-6;1-3-2-5-4-1;1-2-5-4-3-1/h1-4H,(H,7,8,9);2*1-2H. The van der Waals surface area contributed by atoms with Crippen molar-refractivity contribution >= 4 is 34.1 Å². The lowest BCUT2D eigenvalue weighted by Gasteiger charge is -1.78. The maximum Gasteiger partial charge on any atom is 0.129 e.